The minimum absolute atomic E-state index is 0.253. The highest BCUT2D eigenvalue weighted by atomic mass is 16.5. The van der Waals surface area contributed by atoms with Crippen LogP contribution in [0, 0.1) is 0 Å². The van der Waals surface area contributed by atoms with Gasteiger partial charge in [-0.05, 0) is 63.5 Å². The predicted molar refractivity (Wildman–Crippen MR) is 103 cm³/mol. The van der Waals surface area contributed by atoms with E-state index in [0.717, 1.165) is 64.6 Å². The van der Waals surface area contributed by atoms with E-state index in [1.165, 1.54) is 0 Å². The number of carbonyl (C=O) groups is 2. The predicted octanol–water partition coefficient (Wildman–Crippen LogP) is 3.92. The summed E-state index contributed by atoms with van der Waals surface area (Å²) < 4.78 is 21.8. The Balaban J connectivity index is 1.41. The number of carbonyl (C=O) groups excluding carboxylic acids is 2. The third-order valence-electron chi connectivity index (χ3n) is 5.22. The zero-order chi connectivity index (χ0) is 19.6. The van der Waals surface area contributed by atoms with E-state index < -0.39 is 11.9 Å². The van der Waals surface area contributed by atoms with Crippen molar-refractivity contribution >= 4 is 11.9 Å². The first-order valence-corrected chi connectivity index (χ1v) is 10.4. The van der Waals surface area contributed by atoms with E-state index in [2.05, 4.69) is 0 Å². The first-order valence-electron chi connectivity index (χ1n) is 10.4. The van der Waals surface area contributed by atoms with E-state index in [0.29, 0.717) is 13.2 Å². The Hall–Kier alpha value is -1.92. The van der Waals surface area contributed by atoms with E-state index in [1.807, 2.05) is 0 Å². The summed E-state index contributed by atoms with van der Waals surface area (Å²) in [5, 5.41) is 0. The van der Waals surface area contributed by atoms with Crippen LogP contribution < -0.4 is 0 Å². The second-order valence-electron chi connectivity index (χ2n) is 7.37. The minimum atomic E-state index is -0.487. The van der Waals surface area contributed by atoms with Crippen LogP contribution in [-0.2, 0) is 18.9 Å². The fourth-order valence-corrected chi connectivity index (χ4v) is 3.69. The zero-order valence-electron chi connectivity index (χ0n) is 16.4. The average Bonchev–Trinajstić information content (AvgIpc) is 3.42. The van der Waals surface area contributed by atoms with Gasteiger partial charge in [-0.15, -0.1) is 0 Å². The quantitative estimate of drug-likeness (QED) is 0.445. The van der Waals surface area contributed by atoms with Crippen LogP contribution >= 0.6 is 0 Å². The molecule has 6 nitrogen and oxygen atoms in total. The van der Waals surface area contributed by atoms with Crippen molar-refractivity contribution in [3.8, 4) is 0 Å². The van der Waals surface area contributed by atoms with Gasteiger partial charge < -0.3 is 18.9 Å². The number of esters is 2. The number of benzene rings is 1. The van der Waals surface area contributed by atoms with E-state index >= 15 is 0 Å². The summed E-state index contributed by atoms with van der Waals surface area (Å²) in [4.78, 5) is 24.8. The molecule has 0 bridgehead atoms. The highest BCUT2D eigenvalue weighted by Crippen LogP contribution is 2.18. The van der Waals surface area contributed by atoms with Crippen LogP contribution in [0.1, 0.15) is 72.1 Å². The van der Waals surface area contributed by atoms with Crippen LogP contribution in [0.25, 0.3) is 0 Å². The highest BCUT2D eigenvalue weighted by Gasteiger charge is 2.20. The normalized spacial score (nSPS) is 21.6. The topological polar surface area (TPSA) is 71.1 Å². The van der Waals surface area contributed by atoms with Gasteiger partial charge in [-0.1, -0.05) is 12.1 Å². The van der Waals surface area contributed by atoms with Crippen molar-refractivity contribution in [2.45, 2.75) is 63.6 Å². The largest absolute Gasteiger partial charge is 0.462 e. The average molecular weight is 390 g/mol. The maximum Gasteiger partial charge on any atom is 0.339 e. The Kier molecular flexibility index (Phi) is 8.30. The van der Waals surface area contributed by atoms with Gasteiger partial charge >= 0.3 is 11.9 Å². The van der Waals surface area contributed by atoms with E-state index in [1.54, 1.807) is 24.3 Å². The van der Waals surface area contributed by atoms with E-state index in [4.69, 9.17) is 18.9 Å². The van der Waals surface area contributed by atoms with Gasteiger partial charge in [-0.2, -0.15) is 0 Å². The summed E-state index contributed by atoms with van der Waals surface area (Å²) >= 11 is 0. The van der Waals surface area contributed by atoms with Crippen molar-refractivity contribution in [1.82, 2.24) is 0 Å². The Morgan fingerprint density at radius 1 is 0.821 bits per heavy atom. The fourth-order valence-electron chi connectivity index (χ4n) is 3.69. The molecule has 2 heterocycles. The lowest BCUT2D eigenvalue weighted by atomic mass is 10.1. The van der Waals surface area contributed by atoms with Crippen molar-refractivity contribution in [1.29, 1.82) is 0 Å². The van der Waals surface area contributed by atoms with Crippen LogP contribution in [0.5, 0.6) is 0 Å². The van der Waals surface area contributed by atoms with Crippen molar-refractivity contribution in [3.05, 3.63) is 35.4 Å². The van der Waals surface area contributed by atoms with Gasteiger partial charge in [-0.25, -0.2) is 9.59 Å². The number of ether oxygens (including phenoxy) is 4. The molecule has 28 heavy (non-hydrogen) atoms. The summed E-state index contributed by atoms with van der Waals surface area (Å²) in [5.74, 6) is -0.974. The molecule has 1 aromatic rings. The summed E-state index contributed by atoms with van der Waals surface area (Å²) in [6.07, 6.45) is 8.24. The van der Waals surface area contributed by atoms with Crippen LogP contribution in [0.15, 0.2) is 24.3 Å². The standard InChI is InChI=1S/C22H30O6/c23-21(27-15-5-9-17-7-3-13-25-17)19-11-1-2-12-20(19)22(24)28-16-6-10-18-8-4-14-26-18/h1-2,11-12,17-18H,3-10,13-16H2/t17-,18-/m1/s1. The maximum absolute atomic E-state index is 12.4. The van der Waals surface area contributed by atoms with Crippen LogP contribution in [0.4, 0.5) is 0 Å². The number of hydrogen-bond acceptors (Lipinski definition) is 6. The Morgan fingerprint density at radius 2 is 1.29 bits per heavy atom. The molecule has 2 atom stereocenters. The third-order valence-corrected chi connectivity index (χ3v) is 5.22. The smallest absolute Gasteiger partial charge is 0.339 e. The summed E-state index contributed by atoms with van der Waals surface area (Å²) in [6, 6.07) is 6.64. The van der Waals surface area contributed by atoms with E-state index in [9.17, 15) is 9.59 Å². The number of rotatable bonds is 10. The molecular weight excluding hydrogens is 360 g/mol. The molecule has 6 heteroatoms. The lowest BCUT2D eigenvalue weighted by molar-refractivity contribution is 0.0418. The molecule has 2 aliphatic rings. The van der Waals surface area contributed by atoms with Gasteiger partial charge in [0.05, 0.1) is 36.5 Å². The van der Waals surface area contributed by atoms with E-state index in [-0.39, 0.29) is 23.3 Å². The summed E-state index contributed by atoms with van der Waals surface area (Å²) in [6.45, 7) is 2.30. The Bertz CT molecular complexity index is 577. The molecular formula is C22H30O6. The van der Waals surface area contributed by atoms with Crippen LogP contribution in [0.3, 0.4) is 0 Å². The molecule has 3 rings (SSSR count). The van der Waals surface area contributed by atoms with Crippen molar-refractivity contribution in [2.75, 3.05) is 26.4 Å². The molecule has 1 aromatic carbocycles. The van der Waals surface area contributed by atoms with Crippen molar-refractivity contribution < 1.29 is 28.5 Å². The highest BCUT2D eigenvalue weighted by molar-refractivity contribution is 6.03. The molecule has 0 saturated carbocycles. The molecule has 0 aliphatic carbocycles. The lowest BCUT2D eigenvalue weighted by Gasteiger charge is -2.12. The SMILES string of the molecule is O=C(OCCC[C@H]1CCCO1)c1ccccc1C(=O)OCCC[C@H]1CCCO1. The maximum atomic E-state index is 12.4. The van der Waals surface area contributed by atoms with Crippen LogP contribution in [-0.4, -0.2) is 50.6 Å². The molecule has 2 fully saturated rings. The van der Waals surface area contributed by atoms with Gasteiger partial charge in [0.1, 0.15) is 0 Å². The van der Waals surface area contributed by atoms with Gasteiger partial charge in [0.15, 0.2) is 0 Å². The van der Waals surface area contributed by atoms with Gasteiger partial charge in [-0.3, -0.25) is 0 Å². The Morgan fingerprint density at radius 3 is 1.68 bits per heavy atom. The molecule has 0 amide bonds. The molecule has 2 saturated heterocycles. The fraction of sp³-hybridized carbons (Fsp3) is 0.636. The lowest BCUT2D eigenvalue weighted by Crippen LogP contribution is -2.16. The molecule has 2 aliphatic heterocycles. The zero-order valence-corrected chi connectivity index (χ0v) is 16.4. The summed E-state index contributed by atoms with van der Waals surface area (Å²) in [5.41, 5.74) is 0.507. The first-order chi connectivity index (χ1) is 13.7. The first kappa shape index (κ1) is 20.8. The van der Waals surface area contributed by atoms with Gasteiger partial charge in [0, 0.05) is 13.2 Å². The molecule has 0 spiro atoms. The van der Waals surface area contributed by atoms with Crippen LogP contribution in [0.2, 0.25) is 0 Å². The molecule has 154 valence electrons. The second kappa shape index (κ2) is 11.2. The number of hydrogen-bond donors (Lipinski definition) is 0. The molecule has 0 radical (unpaired) electrons. The van der Waals surface area contributed by atoms with Crippen molar-refractivity contribution in [2.24, 2.45) is 0 Å². The molecule has 0 N–H and O–H groups in total. The minimum Gasteiger partial charge on any atom is -0.462 e. The Labute approximate surface area is 166 Å². The monoisotopic (exact) mass is 390 g/mol. The van der Waals surface area contributed by atoms with Gasteiger partial charge in [0.25, 0.3) is 0 Å². The second-order valence-corrected chi connectivity index (χ2v) is 7.37. The molecule has 0 unspecified atom stereocenters. The molecule has 0 aromatic heterocycles. The van der Waals surface area contributed by atoms with Crippen molar-refractivity contribution in [3.63, 3.8) is 0 Å². The van der Waals surface area contributed by atoms with Gasteiger partial charge in [0.2, 0.25) is 0 Å². The summed E-state index contributed by atoms with van der Waals surface area (Å²) in [7, 11) is 0. The third kappa shape index (κ3) is 6.31.